The molecule has 2 aliphatic carbocycles. The lowest BCUT2D eigenvalue weighted by Gasteiger charge is -2.34. The Morgan fingerprint density at radius 2 is 0.881 bits per heavy atom. The summed E-state index contributed by atoms with van der Waals surface area (Å²) in [7, 11) is 0. The molecule has 0 N–H and O–H groups in total. The first-order chi connectivity index (χ1) is 28.8. The van der Waals surface area contributed by atoms with E-state index in [2.05, 4.69) is 233 Å². The van der Waals surface area contributed by atoms with Crippen molar-refractivity contribution in [2.75, 3.05) is 4.90 Å². The third-order valence-electron chi connectivity index (χ3n) is 13.2. The number of nitrogens with zero attached hydrogens (tertiary/aromatic N) is 1. The number of benzene rings is 9. The van der Waals surface area contributed by atoms with Gasteiger partial charge in [0.25, 0.3) is 0 Å². The van der Waals surface area contributed by atoms with Crippen LogP contribution in [0.1, 0.15) is 49.9 Å². The highest BCUT2D eigenvalue weighted by atomic mass is 15.2. The van der Waals surface area contributed by atoms with Crippen LogP contribution in [0.2, 0.25) is 0 Å². The van der Waals surface area contributed by atoms with E-state index in [-0.39, 0.29) is 10.8 Å². The Kier molecular flexibility index (Phi) is 7.94. The lowest BCUT2D eigenvalue weighted by molar-refractivity contribution is 0.660. The molecule has 0 atom stereocenters. The Bertz CT molecular complexity index is 3100. The monoisotopic (exact) mass is 755 g/mol. The van der Waals surface area contributed by atoms with Gasteiger partial charge in [0.2, 0.25) is 0 Å². The van der Waals surface area contributed by atoms with Gasteiger partial charge in [0, 0.05) is 33.2 Å². The fourth-order valence-corrected chi connectivity index (χ4v) is 10.2. The molecule has 0 fully saturated rings. The van der Waals surface area contributed by atoms with E-state index in [4.69, 9.17) is 0 Å². The molecule has 0 radical (unpaired) electrons. The summed E-state index contributed by atoms with van der Waals surface area (Å²) in [5.74, 6) is 0. The second kappa shape index (κ2) is 13.3. The molecule has 0 unspecified atom stereocenters. The third-order valence-corrected chi connectivity index (χ3v) is 13.2. The minimum Gasteiger partial charge on any atom is -0.309 e. The summed E-state index contributed by atoms with van der Waals surface area (Å²) < 4.78 is 0. The first kappa shape index (κ1) is 35.2. The van der Waals surface area contributed by atoms with E-state index in [1.165, 1.54) is 94.3 Å². The molecule has 0 saturated carbocycles. The highest BCUT2D eigenvalue weighted by Gasteiger charge is 2.40. The van der Waals surface area contributed by atoms with Gasteiger partial charge in [0.1, 0.15) is 0 Å². The molecule has 59 heavy (non-hydrogen) atoms. The first-order valence-corrected chi connectivity index (χ1v) is 20.8. The second-order valence-corrected chi connectivity index (χ2v) is 17.3. The Morgan fingerprint density at radius 1 is 0.322 bits per heavy atom. The summed E-state index contributed by atoms with van der Waals surface area (Å²) in [6, 6.07) is 74.6. The Balaban J connectivity index is 1.29. The zero-order valence-electron chi connectivity index (χ0n) is 34.0. The van der Waals surface area contributed by atoms with E-state index in [9.17, 15) is 0 Å². The average molecular weight is 756 g/mol. The van der Waals surface area contributed by atoms with Crippen molar-refractivity contribution < 1.29 is 0 Å². The van der Waals surface area contributed by atoms with Crippen LogP contribution in [0.15, 0.2) is 200 Å². The summed E-state index contributed by atoms with van der Waals surface area (Å²) in [6.45, 7) is 9.53. The maximum Gasteiger partial charge on any atom is 0.0619 e. The molecule has 9 aromatic carbocycles. The number of anilines is 3. The van der Waals surface area contributed by atoms with Crippen molar-refractivity contribution in [3.05, 3.63) is 222 Å². The maximum absolute atomic E-state index is 2.61. The minimum absolute atomic E-state index is 0.157. The standard InChI is InChI=1S/C58H45N/c1-57(2)51-27-16-14-25-47(51)55-52(57)28-17-29-54(55)59(44-32-33-46-45-24-13-15-26-50(45)58(3,4)53(46)37-44)56-48(40-21-9-6-10-22-40)35-43(38-18-7-5-8-19-38)36-49(56)42-31-30-39-20-11-12-23-41(39)34-42/h5-37H,1-4H3. The Morgan fingerprint density at radius 3 is 1.63 bits per heavy atom. The van der Waals surface area contributed by atoms with Crippen LogP contribution < -0.4 is 4.90 Å². The van der Waals surface area contributed by atoms with Crippen LogP contribution >= 0.6 is 0 Å². The Labute approximate surface area is 347 Å². The lowest BCUT2D eigenvalue weighted by atomic mass is 9.82. The molecule has 11 rings (SSSR count). The van der Waals surface area contributed by atoms with Crippen molar-refractivity contribution >= 4 is 27.8 Å². The van der Waals surface area contributed by atoms with Crippen molar-refractivity contribution in [3.63, 3.8) is 0 Å². The molecular weight excluding hydrogens is 711 g/mol. The van der Waals surface area contributed by atoms with Gasteiger partial charge in [-0.05, 0) is 108 Å². The van der Waals surface area contributed by atoms with Crippen molar-refractivity contribution in [2.45, 2.75) is 38.5 Å². The zero-order valence-corrected chi connectivity index (χ0v) is 34.0. The number of fused-ring (bicyclic) bond motifs is 7. The van der Waals surface area contributed by atoms with Gasteiger partial charge in [-0.15, -0.1) is 0 Å². The van der Waals surface area contributed by atoms with Crippen LogP contribution in [0, 0.1) is 0 Å². The number of hydrogen-bond acceptors (Lipinski definition) is 1. The molecule has 1 heteroatoms. The van der Waals surface area contributed by atoms with Crippen molar-refractivity contribution in [3.8, 4) is 55.6 Å². The topological polar surface area (TPSA) is 3.24 Å². The fourth-order valence-electron chi connectivity index (χ4n) is 10.2. The van der Waals surface area contributed by atoms with E-state index >= 15 is 0 Å². The molecule has 9 aromatic rings. The molecule has 0 saturated heterocycles. The predicted octanol–water partition coefficient (Wildman–Crippen LogP) is 15.9. The van der Waals surface area contributed by atoms with Crippen molar-refractivity contribution in [1.82, 2.24) is 0 Å². The van der Waals surface area contributed by atoms with Crippen LogP contribution in [0.5, 0.6) is 0 Å². The molecule has 2 aliphatic rings. The normalized spacial score (nSPS) is 14.0. The van der Waals surface area contributed by atoms with Gasteiger partial charge in [-0.3, -0.25) is 0 Å². The van der Waals surface area contributed by atoms with Crippen LogP contribution in [0.4, 0.5) is 17.1 Å². The molecule has 0 amide bonds. The van der Waals surface area contributed by atoms with Gasteiger partial charge in [-0.2, -0.15) is 0 Å². The van der Waals surface area contributed by atoms with E-state index in [1.54, 1.807) is 0 Å². The summed E-state index contributed by atoms with van der Waals surface area (Å²) in [5.41, 5.74) is 21.0. The summed E-state index contributed by atoms with van der Waals surface area (Å²) in [5, 5.41) is 2.46. The molecule has 0 spiro atoms. The van der Waals surface area contributed by atoms with Gasteiger partial charge in [0.15, 0.2) is 0 Å². The van der Waals surface area contributed by atoms with Gasteiger partial charge in [-0.25, -0.2) is 0 Å². The molecule has 0 aliphatic heterocycles. The van der Waals surface area contributed by atoms with Crippen LogP contribution in [0.3, 0.4) is 0 Å². The smallest absolute Gasteiger partial charge is 0.0619 e. The maximum atomic E-state index is 2.61. The number of hydrogen-bond donors (Lipinski definition) is 0. The van der Waals surface area contributed by atoms with Gasteiger partial charge in [0.05, 0.1) is 11.4 Å². The van der Waals surface area contributed by atoms with Crippen molar-refractivity contribution in [2.24, 2.45) is 0 Å². The van der Waals surface area contributed by atoms with E-state index in [0.717, 1.165) is 11.4 Å². The molecule has 0 heterocycles. The third kappa shape index (κ3) is 5.45. The second-order valence-electron chi connectivity index (χ2n) is 17.3. The van der Waals surface area contributed by atoms with Crippen LogP contribution in [-0.2, 0) is 10.8 Å². The lowest BCUT2D eigenvalue weighted by Crippen LogP contribution is -2.18. The highest BCUT2D eigenvalue weighted by molar-refractivity contribution is 6.05. The van der Waals surface area contributed by atoms with E-state index in [0.29, 0.717) is 0 Å². The van der Waals surface area contributed by atoms with Gasteiger partial charge >= 0.3 is 0 Å². The first-order valence-electron chi connectivity index (χ1n) is 20.8. The molecule has 0 bridgehead atoms. The SMILES string of the molecule is CC1(C)c2ccccc2-c2ccc(N(c3cccc4c3-c3ccccc3C4(C)C)c3c(-c4ccccc4)cc(-c4ccccc4)cc3-c3ccc4ccccc4c3)cc21. The molecule has 282 valence electrons. The number of rotatable bonds is 6. The Hall–Kier alpha value is -6.96. The average Bonchev–Trinajstić information content (AvgIpc) is 3.66. The zero-order chi connectivity index (χ0) is 39.9. The summed E-state index contributed by atoms with van der Waals surface area (Å²) >= 11 is 0. The van der Waals surface area contributed by atoms with Crippen molar-refractivity contribution in [1.29, 1.82) is 0 Å². The van der Waals surface area contributed by atoms with Gasteiger partial charge < -0.3 is 4.90 Å². The summed E-state index contributed by atoms with van der Waals surface area (Å²) in [4.78, 5) is 2.61. The molecule has 1 nitrogen and oxygen atoms in total. The van der Waals surface area contributed by atoms with Gasteiger partial charge in [-0.1, -0.05) is 191 Å². The minimum atomic E-state index is -0.165. The van der Waals surface area contributed by atoms with E-state index < -0.39 is 0 Å². The predicted molar refractivity (Wildman–Crippen MR) is 250 cm³/mol. The highest BCUT2D eigenvalue weighted by Crippen LogP contribution is 2.58. The summed E-state index contributed by atoms with van der Waals surface area (Å²) in [6.07, 6.45) is 0. The van der Waals surface area contributed by atoms with E-state index in [1.807, 2.05) is 0 Å². The fraction of sp³-hybridized carbons (Fsp3) is 0.103. The quantitative estimate of drug-likeness (QED) is 0.163. The van der Waals surface area contributed by atoms with Crippen LogP contribution in [0.25, 0.3) is 66.4 Å². The molecule has 0 aromatic heterocycles. The van der Waals surface area contributed by atoms with Crippen LogP contribution in [-0.4, -0.2) is 0 Å². The molecular formula is C58H45N. The largest absolute Gasteiger partial charge is 0.309 e.